The lowest BCUT2D eigenvalue weighted by molar-refractivity contribution is -0.0153. The fourth-order valence-corrected chi connectivity index (χ4v) is 6.50. The van der Waals surface area contributed by atoms with Crippen LogP contribution in [0, 0.1) is 5.92 Å². The molecule has 2 bridgehead atoms. The summed E-state index contributed by atoms with van der Waals surface area (Å²) >= 11 is 0. The van der Waals surface area contributed by atoms with Crippen molar-refractivity contribution in [1.29, 1.82) is 0 Å². The second-order valence-electron chi connectivity index (χ2n) is 10.2. The van der Waals surface area contributed by atoms with Gasteiger partial charge in [-0.2, -0.15) is 0 Å². The number of rotatable bonds is 5. The van der Waals surface area contributed by atoms with E-state index >= 15 is 0 Å². The van der Waals surface area contributed by atoms with Crippen LogP contribution in [0.1, 0.15) is 54.9 Å². The Kier molecular flexibility index (Phi) is 7.91. The first kappa shape index (κ1) is 25.8. The van der Waals surface area contributed by atoms with Crippen LogP contribution in [0.3, 0.4) is 0 Å². The highest BCUT2D eigenvalue weighted by Gasteiger charge is 2.53. The fraction of sp³-hybridized carbons (Fsp3) is 0.571. The zero-order chi connectivity index (χ0) is 25.2. The summed E-state index contributed by atoms with van der Waals surface area (Å²) in [4.78, 5) is 2.63. The Morgan fingerprint density at radius 2 is 1.86 bits per heavy atom. The molecule has 2 aromatic rings. The minimum absolute atomic E-state index is 0.0491. The minimum Gasteiger partial charge on any atom is -0.504 e. The van der Waals surface area contributed by atoms with Crippen LogP contribution in [0.2, 0.25) is 0 Å². The number of piperidine rings is 1. The summed E-state index contributed by atoms with van der Waals surface area (Å²) in [5.41, 5.74) is 4.04. The average molecular weight is 486 g/mol. The molecule has 1 saturated heterocycles. The van der Waals surface area contributed by atoms with E-state index in [0.29, 0.717) is 11.0 Å². The van der Waals surface area contributed by atoms with E-state index in [2.05, 4.69) is 30.1 Å². The highest BCUT2D eigenvalue weighted by Crippen LogP contribution is 2.55. The summed E-state index contributed by atoms with van der Waals surface area (Å²) in [6.07, 6.45) is 5.77. The van der Waals surface area contributed by atoms with Gasteiger partial charge in [-0.15, -0.1) is 0 Å². The number of hydrogen-bond acceptors (Lipinski definition) is 7. The lowest BCUT2D eigenvalue weighted by Crippen LogP contribution is -2.59. The topological polar surface area (TPSA) is 103 Å². The van der Waals surface area contributed by atoms with Crippen LogP contribution in [0.15, 0.2) is 36.4 Å². The van der Waals surface area contributed by atoms with E-state index in [1.807, 2.05) is 0 Å². The first-order valence-electron chi connectivity index (χ1n) is 12.6. The molecule has 0 amide bonds. The molecule has 0 aromatic heterocycles. The number of benzene rings is 2. The van der Waals surface area contributed by atoms with Gasteiger partial charge >= 0.3 is 0 Å². The van der Waals surface area contributed by atoms with E-state index < -0.39 is 18.8 Å². The molecule has 0 spiro atoms. The molecular formula is C28H39NO6. The number of nitrogens with zero attached hydrogens (tertiary/aromatic N) is 1. The van der Waals surface area contributed by atoms with Crippen molar-refractivity contribution in [3.63, 3.8) is 0 Å². The van der Waals surface area contributed by atoms with Crippen molar-refractivity contribution in [2.75, 3.05) is 34.4 Å². The number of aromatic hydroxyl groups is 1. The minimum atomic E-state index is -1.25. The number of phenols is 1. The number of fused-ring (bicyclic) bond motifs is 1. The van der Waals surface area contributed by atoms with Crippen LogP contribution < -0.4 is 9.47 Å². The Morgan fingerprint density at radius 1 is 1.06 bits per heavy atom. The van der Waals surface area contributed by atoms with Crippen LogP contribution in [0.25, 0.3) is 0 Å². The van der Waals surface area contributed by atoms with E-state index in [-0.39, 0.29) is 11.5 Å². The molecule has 3 aliphatic rings. The Morgan fingerprint density at radius 3 is 2.57 bits per heavy atom. The molecule has 192 valence electrons. The number of aliphatic hydroxyl groups excluding tert-OH is 3. The lowest BCUT2D eigenvalue weighted by Gasteiger charge is -2.58. The second kappa shape index (κ2) is 10.7. The molecule has 2 aliphatic carbocycles. The van der Waals surface area contributed by atoms with Crippen molar-refractivity contribution in [2.24, 2.45) is 5.92 Å². The molecule has 2 aromatic carbocycles. The molecule has 2 fully saturated rings. The molecule has 0 radical (unpaired) electrons. The predicted molar refractivity (Wildman–Crippen MR) is 134 cm³/mol. The Labute approximate surface area is 207 Å². The maximum absolute atomic E-state index is 9.55. The van der Waals surface area contributed by atoms with Gasteiger partial charge in [0.25, 0.3) is 0 Å². The zero-order valence-electron chi connectivity index (χ0n) is 21.0. The fourth-order valence-electron chi connectivity index (χ4n) is 6.50. The molecule has 7 heteroatoms. The molecule has 7 nitrogen and oxygen atoms in total. The maximum Gasteiger partial charge on any atom is 0.160 e. The predicted octanol–water partition coefficient (Wildman–Crippen LogP) is 3.17. The van der Waals surface area contributed by atoms with Gasteiger partial charge in [-0.05, 0) is 86.1 Å². The molecule has 5 rings (SSSR count). The summed E-state index contributed by atoms with van der Waals surface area (Å²) in [5.74, 6) is 2.07. The highest BCUT2D eigenvalue weighted by atomic mass is 16.5. The van der Waals surface area contributed by atoms with Gasteiger partial charge in [-0.25, -0.2) is 0 Å². The Bertz CT molecular complexity index is 1010. The number of ether oxygens (including phenoxy) is 2. The number of hydrogen-bond donors (Lipinski definition) is 4. The number of aliphatic hydroxyl groups is 3. The van der Waals surface area contributed by atoms with Crippen LogP contribution >= 0.6 is 0 Å². The number of likely N-dealkylation sites (N-methyl/N-ethyl adjacent to an activating group) is 1. The largest absolute Gasteiger partial charge is 0.504 e. The second-order valence-corrected chi connectivity index (χ2v) is 10.2. The summed E-state index contributed by atoms with van der Waals surface area (Å²) in [7, 11) is 5.50. The first-order valence-corrected chi connectivity index (χ1v) is 12.6. The molecule has 1 heterocycles. The maximum atomic E-state index is 9.55. The Balaban J connectivity index is 0.000000174. The third-order valence-corrected chi connectivity index (χ3v) is 8.42. The van der Waals surface area contributed by atoms with Gasteiger partial charge in [0, 0.05) is 11.5 Å². The van der Waals surface area contributed by atoms with Crippen LogP contribution in [0.4, 0.5) is 0 Å². The molecule has 1 aliphatic heterocycles. The quantitative estimate of drug-likeness (QED) is 0.516. The lowest BCUT2D eigenvalue weighted by atomic mass is 9.52. The monoisotopic (exact) mass is 485 g/mol. The molecule has 3 unspecified atom stereocenters. The molecule has 4 N–H and O–H groups in total. The van der Waals surface area contributed by atoms with E-state index in [0.717, 1.165) is 17.7 Å². The third-order valence-electron chi connectivity index (χ3n) is 8.42. The van der Waals surface area contributed by atoms with Gasteiger partial charge in [0.05, 0.1) is 20.8 Å². The van der Waals surface area contributed by atoms with Crippen LogP contribution in [-0.2, 0) is 11.8 Å². The number of likely N-dealkylation sites (tertiary alicyclic amines) is 1. The normalized spacial score (nSPS) is 26.9. The van der Waals surface area contributed by atoms with Gasteiger partial charge in [0.2, 0.25) is 0 Å². The van der Waals surface area contributed by atoms with Gasteiger partial charge in [-0.1, -0.05) is 25.0 Å². The smallest absolute Gasteiger partial charge is 0.160 e. The number of phenolic OH excluding ortho intramolecular Hbond substituents is 1. The first-order chi connectivity index (χ1) is 16.8. The van der Waals surface area contributed by atoms with Crippen molar-refractivity contribution in [3.05, 3.63) is 53.1 Å². The van der Waals surface area contributed by atoms with Gasteiger partial charge in [0.1, 0.15) is 18.0 Å². The SMILES string of the molecule is COc1cc(C(O)C(O)CO)ccc1O.COc1ccc2c(c1)C13CCCC[C@@H]1[C@H](C2)N(C)CC3. The molecule has 35 heavy (non-hydrogen) atoms. The number of methoxy groups -OCH3 is 2. The van der Waals surface area contributed by atoms with Gasteiger partial charge < -0.3 is 34.8 Å². The van der Waals surface area contributed by atoms with E-state index in [1.165, 1.54) is 70.4 Å². The summed E-state index contributed by atoms with van der Waals surface area (Å²) < 4.78 is 10.3. The molecule has 5 atom stereocenters. The van der Waals surface area contributed by atoms with E-state index in [4.69, 9.17) is 14.6 Å². The van der Waals surface area contributed by atoms with Crippen molar-refractivity contribution < 1.29 is 29.9 Å². The van der Waals surface area contributed by atoms with Crippen LogP contribution in [0.5, 0.6) is 17.2 Å². The zero-order valence-corrected chi connectivity index (χ0v) is 21.0. The van der Waals surface area contributed by atoms with Crippen molar-refractivity contribution in [3.8, 4) is 17.2 Å². The summed E-state index contributed by atoms with van der Waals surface area (Å²) in [6, 6.07) is 11.8. The average Bonchev–Trinajstić information content (AvgIpc) is 2.90. The molecular weight excluding hydrogens is 446 g/mol. The summed E-state index contributed by atoms with van der Waals surface area (Å²) in [5, 5.41) is 36.7. The summed E-state index contributed by atoms with van der Waals surface area (Å²) in [6.45, 7) is 0.724. The standard InChI is InChI=1S/C18H25NO.C10H14O5/c1-19-10-9-18-8-4-3-5-15(18)17(19)11-13-6-7-14(20-2)12-16(13)18;1-15-9-4-6(2-3-7(9)12)10(14)8(13)5-11/h6-7,12,15,17H,3-5,8-11H2,1-2H3;2-4,8,10-14H,5H2,1H3/t15-,17+,18?;/m1./s1. The highest BCUT2D eigenvalue weighted by molar-refractivity contribution is 5.45. The van der Waals surface area contributed by atoms with E-state index in [1.54, 1.807) is 18.2 Å². The third kappa shape index (κ3) is 4.87. The Hall–Kier alpha value is -2.32. The molecule has 1 saturated carbocycles. The van der Waals surface area contributed by atoms with Crippen molar-refractivity contribution in [2.45, 2.75) is 62.2 Å². The van der Waals surface area contributed by atoms with Gasteiger partial charge in [0.15, 0.2) is 11.5 Å². The van der Waals surface area contributed by atoms with E-state index in [9.17, 15) is 15.3 Å². The van der Waals surface area contributed by atoms with Gasteiger partial charge in [-0.3, -0.25) is 0 Å². The van der Waals surface area contributed by atoms with Crippen LogP contribution in [-0.4, -0.2) is 71.9 Å². The van der Waals surface area contributed by atoms with Crippen molar-refractivity contribution >= 4 is 0 Å². The van der Waals surface area contributed by atoms with Crippen molar-refractivity contribution in [1.82, 2.24) is 4.90 Å².